The number of halogens is 1. The maximum Gasteiger partial charge on any atom is 0.308 e. The van der Waals surface area contributed by atoms with Gasteiger partial charge in [0.15, 0.2) is 58.9 Å². The largest absolute Gasteiger partial charge is 0.462 e. The highest BCUT2D eigenvalue weighted by atomic mass is 35.5. The van der Waals surface area contributed by atoms with E-state index in [1.54, 1.807) is 20.3 Å². The number of methoxy groups -OCH3 is 2. The van der Waals surface area contributed by atoms with Crippen LogP contribution in [-0.4, -0.2) is 205 Å². The molecule has 27 heteroatoms. The fraction of sp³-hybridized carbons (Fsp3) is 0.851. The van der Waals surface area contributed by atoms with E-state index in [4.69, 9.17) is 99.0 Å². The van der Waals surface area contributed by atoms with Gasteiger partial charge in [0, 0.05) is 115 Å². The Labute approximate surface area is 741 Å². The molecule has 0 aromatic rings. The molecule has 7 rings (SSSR count). The number of rotatable bonds is 26. The van der Waals surface area contributed by atoms with E-state index in [0.717, 1.165) is 41.8 Å². The summed E-state index contributed by atoms with van der Waals surface area (Å²) in [5, 5.41) is 13.4. The van der Waals surface area contributed by atoms with E-state index >= 15 is 9.59 Å². The van der Waals surface area contributed by atoms with Crippen LogP contribution < -0.4 is 0 Å². The van der Waals surface area contributed by atoms with Gasteiger partial charge in [-0.15, -0.1) is 0 Å². The van der Waals surface area contributed by atoms with Crippen LogP contribution in [0.5, 0.6) is 0 Å². The van der Waals surface area contributed by atoms with Gasteiger partial charge >= 0.3 is 17.9 Å². The molecule has 6 fully saturated rings. The molecule has 0 aromatic carbocycles. The standard InChI is InChI=1S/C94H167ClO21Si5/c1-34-120(35-2,36-3)115-87-86-67(13)85(83(100)80(105-86)48-61(7)47-71(46-45-63(9)95)112-117(28,29)88(16,17)18)106-82(99)54-73-52-75(103-68(14)96)57-93(109-73)60-91(25,116-121(37-4,38-5)39-6)55-76(110-93)49-62(8)64(10)84(104-69(15)97)65(11)78(98)53-72-51-74(101-26)56-92(108-72)58-77(113-118(30,31)89(19,20)21)50-70(107-92)43-41-40-42-44-79-66(12)81(59-94(87,102-27)111-79)114-119(32,33)90(22,23)24/h41,43,45-46,64-67,70-77,79-81,83-87,100H,7-9,34-40,42,44,47-60H2,1-6,10-33H3/b43-41-,46-45+/t64-,65-,66+,67-,70+,71-,72+,73-,74+,75+,76+,77+,79-,80-,81+,83-,84+,85-,86-,87+,91+,92+,93-,94-/m1/s1. The van der Waals surface area contributed by atoms with Gasteiger partial charge in [0.05, 0.1) is 85.1 Å². The Morgan fingerprint density at radius 2 is 1.21 bits per heavy atom. The number of carbonyl (C=O) groups is 4. The average molecular weight is 1810 g/mol. The number of Topliss-reactive ketones (excluding diaryl/α,β-unsaturated/α-hetero) is 1. The number of allylic oxidation sites excluding steroid dienone is 3. The van der Waals surface area contributed by atoms with Crippen LogP contribution in [0.4, 0.5) is 0 Å². The number of carbonyl (C=O) groups excluding carboxylic acids is 4. The second-order valence-electron chi connectivity index (χ2n) is 42.3. The van der Waals surface area contributed by atoms with Crippen LogP contribution in [0.15, 0.2) is 60.2 Å². The Kier molecular flexibility index (Phi) is 37.2. The number of hydrogen-bond donors (Lipinski definition) is 1. The maximum absolute atomic E-state index is 15.8. The molecule has 0 saturated carbocycles. The van der Waals surface area contributed by atoms with E-state index in [-0.39, 0.29) is 96.5 Å². The van der Waals surface area contributed by atoms with Crippen molar-refractivity contribution in [2.24, 2.45) is 23.7 Å². The maximum atomic E-state index is 15.8. The molecule has 10 bridgehead atoms. The quantitative estimate of drug-likeness (QED) is 0.0278. The van der Waals surface area contributed by atoms with Gasteiger partial charge in [-0.1, -0.05) is 192 Å². The predicted molar refractivity (Wildman–Crippen MR) is 493 cm³/mol. The van der Waals surface area contributed by atoms with Crippen molar-refractivity contribution in [3.63, 3.8) is 0 Å². The summed E-state index contributed by atoms with van der Waals surface area (Å²) in [5.41, 5.74) is 0.512. The smallest absolute Gasteiger partial charge is 0.308 e. The molecule has 24 atom stereocenters. The van der Waals surface area contributed by atoms with Gasteiger partial charge in [0.1, 0.15) is 36.3 Å². The van der Waals surface area contributed by atoms with Crippen LogP contribution in [0.25, 0.3) is 0 Å². The van der Waals surface area contributed by atoms with E-state index in [1.807, 2.05) is 26.8 Å². The molecule has 0 unspecified atom stereocenters. The van der Waals surface area contributed by atoms with E-state index in [0.29, 0.717) is 68.4 Å². The third-order valence-corrected chi connectivity index (χ3v) is 53.1. The monoisotopic (exact) mass is 1810 g/mol. The van der Waals surface area contributed by atoms with Crippen molar-refractivity contribution in [1.29, 1.82) is 0 Å². The highest BCUT2D eigenvalue weighted by Crippen LogP contribution is 2.54. The molecular weight excluding hydrogens is 1640 g/mol. The van der Waals surface area contributed by atoms with Crippen LogP contribution in [0.3, 0.4) is 0 Å². The highest BCUT2D eigenvalue weighted by Gasteiger charge is 2.63. The summed E-state index contributed by atoms with van der Waals surface area (Å²) in [6.45, 7) is 73.0. The van der Waals surface area contributed by atoms with E-state index in [9.17, 15) is 14.7 Å². The number of fused-ring (bicyclic) bond motifs is 8. The van der Waals surface area contributed by atoms with Crippen molar-refractivity contribution in [3.05, 3.63) is 60.2 Å². The van der Waals surface area contributed by atoms with Crippen molar-refractivity contribution in [2.45, 2.75) is 473 Å². The minimum Gasteiger partial charge on any atom is -0.462 e. The molecule has 2 spiro atoms. The first-order valence-corrected chi connectivity index (χ1v) is 60.4. The van der Waals surface area contributed by atoms with Crippen LogP contribution in [0.2, 0.25) is 90.7 Å². The van der Waals surface area contributed by atoms with Gasteiger partial charge in [-0.3, -0.25) is 19.2 Å². The molecule has 7 aliphatic heterocycles. The zero-order valence-electron chi connectivity index (χ0n) is 80.7. The fourth-order valence-corrected chi connectivity index (χ4v) is 29.4. The van der Waals surface area contributed by atoms with Crippen LogP contribution >= 0.6 is 11.6 Å². The van der Waals surface area contributed by atoms with Crippen molar-refractivity contribution in [1.82, 2.24) is 0 Å². The lowest BCUT2D eigenvalue weighted by Gasteiger charge is -2.56. The van der Waals surface area contributed by atoms with Crippen LogP contribution in [0.1, 0.15) is 261 Å². The third-order valence-electron chi connectivity index (χ3n) is 30.0. The normalized spacial score (nSPS) is 36.0. The van der Waals surface area contributed by atoms with Gasteiger partial charge in [0.25, 0.3) is 0 Å². The topological polar surface area (TPSA) is 236 Å². The molecule has 696 valence electrons. The third kappa shape index (κ3) is 27.1. The molecular formula is C94H167ClO21Si5. The Hall–Kier alpha value is -2.41. The number of hydrogen-bond acceptors (Lipinski definition) is 21. The summed E-state index contributed by atoms with van der Waals surface area (Å²) in [6, 6.07) is 4.84. The zero-order valence-corrected chi connectivity index (χ0v) is 86.5. The number of aliphatic hydroxyl groups excluding tert-OH is 1. The molecule has 0 radical (unpaired) electrons. The summed E-state index contributed by atoms with van der Waals surface area (Å²) in [4.78, 5) is 58.0. The minimum absolute atomic E-state index is 0.00102. The van der Waals surface area contributed by atoms with E-state index in [2.05, 4.69) is 176 Å². The lowest BCUT2D eigenvalue weighted by molar-refractivity contribution is -0.354. The molecule has 1 N–H and O–H groups in total. The van der Waals surface area contributed by atoms with Gasteiger partial charge in [-0.25, -0.2) is 0 Å². The lowest BCUT2D eigenvalue weighted by Crippen LogP contribution is -2.69. The molecule has 6 saturated heterocycles. The number of esters is 3. The van der Waals surface area contributed by atoms with Crippen molar-refractivity contribution >= 4 is 76.9 Å². The van der Waals surface area contributed by atoms with Gasteiger partial charge in [0.2, 0.25) is 0 Å². The first-order valence-electron chi connectivity index (χ1n) is 46.2. The molecule has 0 amide bonds. The molecule has 7 heterocycles. The summed E-state index contributed by atoms with van der Waals surface area (Å²) in [7, 11) is -9.19. The summed E-state index contributed by atoms with van der Waals surface area (Å²) < 4.78 is 116. The van der Waals surface area contributed by atoms with Crippen molar-refractivity contribution in [3.8, 4) is 0 Å². The molecule has 21 nitrogen and oxygen atoms in total. The van der Waals surface area contributed by atoms with Gasteiger partial charge < -0.3 is 79.3 Å². The van der Waals surface area contributed by atoms with Crippen LogP contribution in [-0.2, 0) is 93.4 Å². The Morgan fingerprint density at radius 3 is 1.77 bits per heavy atom. The molecule has 0 aliphatic carbocycles. The lowest BCUT2D eigenvalue weighted by atomic mass is 9.78. The number of aliphatic hydroxyl groups is 1. The first-order chi connectivity index (χ1) is 55.9. The van der Waals surface area contributed by atoms with Crippen molar-refractivity contribution < 1.29 is 98.5 Å². The number of ketones is 1. The Bertz CT molecular complexity index is 3490. The highest BCUT2D eigenvalue weighted by molar-refractivity contribution is 6.75. The molecule has 7 aliphatic rings. The van der Waals surface area contributed by atoms with E-state index < -0.39 is 180 Å². The minimum atomic E-state index is -2.77. The molecule has 121 heavy (non-hydrogen) atoms. The second-order valence-corrected chi connectivity index (χ2v) is 66.5. The summed E-state index contributed by atoms with van der Waals surface area (Å²) in [5.74, 6) is -8.38. The predicted octanol–water partition coefficient (Wildman–Crippen LogP) is 21.7. The summed E-state index contributed by atoms with van der Waals surface area (Å²) >= 11 is 6.46. The van der Waals surface area contributed by atoms with Gasteiger partial charge in [-0.2, -0.15) is 0 Å². The average Bonchev–Trinajstić information content (AvgIpc) is 0.742. The van der Waals surface area contributed by atoms with Gasteiger partial charge in [-0.05, 0) is 142 Å². The SMILES string of the molecule is C=C(Cl)/C=C/[C@H](CC(=C)C[C@H]1O[C@@H]2[C@H](C)[C@@H](OC(=O)C[C@H]3C[C@H](OC(C)=O)C[C@@]4(C[C@@](C)(O[Si](CC)(CC)CC)C[C@H](CC(=C)[C@@H](C)[C@H](OC(C)=O)[C@H](C)C(=O)C[C@@H]5C[C@H](OC)C[C@@]6(C[C@@H](O[Si](C)(C)C(C)(C)C)C[C@H](/C=C\CCC[C@H]7O[C@](OC)(C[C@H](O[Si](C)(C)C(C)(C)C)[C@H]7C)[C@H]2O[Si](CC)(CC)CC)O6)O5)O4)O3)[C@@H]1O)O[Si](C)(C)C(C)(C)C. The first kappa shape index (κ1) is 106. The Balaban J connectivity index is 1.46. The number of ether oxygens (including phenoxy) is 11. The van der Waals surface area contributed by atoms with Crippen molar-refractivity contribution in [2.75, 3.05) is 14.2 Å². The second kappa shape index (κ2) is 42.7. The van der Waals surface area contributed by atoms with Crippen LogP contribution in [0, 0.1) is 23.7 Å². The fourth-order valence-electron chi connectivity index (χ4n) is 19.3. The Morgan fingerprint density at radius 1 is 0.653 bits per heavy atom. The summed E-state index contributed by atoms with van der Waals surface area (Å²) in [6.07, 6.45) is 1.61. The molecule has 0 aromatic heterocycles. The zero-order chi connectivity index (χ0) is 91.0. The van der Waals surface area contributed by atoms with E-state index in [1.165, 1.54) is 13.8 Å².